The molecule has 0 rings (SSSR count). The molecule has 0 aromatic carbocycles. The van der Waals surface area contributed by atoms with Gasteiger partial charge >= 0.3 is 17.9 Å². The molecule has 1 atom stereocenters. The van der Waals surface area contributed by atoms with E-state index in [0.717, 1.165) is 38.5 Å². The molecule has 0 saturated carbocycles. The minimum atomic E-state index is -2.40. The second-order valence-electron chi connectivity index (χ2n) is 9.09. The van der Waals surface area contributed by atoms with E-state index in [4.69, 9.17) is 14.6 Å². The van der Waals surface area contributed by atoms with E-state index in [9.17, 15) is 19.5 Å². The number of aliphatic hydroxyl groups is 1. The molecule has 0 aliphatic heterocycles. The van der Waals surface area contributed by atoms with Crippen LogP contribution in [0, 0.1) is 0 Å². The average Bonchev–Trinajstić information content (AvgIpc) is 2.76. The Morgan fingerprint density at radius 2 is 1.00 bits per heavy atom. The average molecular weight is 473 g/mol. The first-order valence-electron chi connectivity index (χ1n) is 13.1. The lowest BCUT2D eigenvalue weighted by atomic mass is 9.95. The zero-order chi connectivity index (χ0) is 24.8. The first-order chi connectivity index (χ1) is 15.9. The van der Waals surface area contributed by atoms with Crippen molar-refractivity contribution in [1.29, 1.82) is 0 Å². The van der Waals surface area contributed by atoms with Crippen LogP contribution in [0.2, 0.25) is 0 Å². The number of rotatable bonds is 23. The van der Waals surface area contributed by atoms with Crippen LogP contribution in [0.4, 0.5) is 0 Å². The smallest absolute Gasteiger partial charge is 0.339 e. The van der Waals surface area contributed by atoms with Gasteiger partial charge in [0.15, 0.2) is 5.60 Å². The Balaban J connectivity index is 4.15. The number of esters is 2. The number of ether oxygens (including phenoxy) is 2. The van der Waals surface area contributed by atoms with Gasteiger partial charge in [0.25, 0.3) is 0 Å². The Labute approximate surface area is 200 Å². The van der Waals surface area contributed by atoms with Crippen molar-refractivity contribution in [3.05, 3.63) is 0 Å². The first-order valence-corrected chi connectivity index (χ1v) is 13.1. The summed E-state index contributed by atoms with van der Waals surface area (Å²) < 4.78 is 10.2. The predicted octanol–water partition coefficient (Wildman–Crippen LogP) is 5.95. The van der Waals surface area contributed by atoms with Gasteiger partial charge in [-0.3, -0.25) is 9.59 Å². The summed E-state index contributed by atoms with van der Waals surface area (Å²) in [6.07, 6.45) is 15.9. The van der Waals surface area contributed by atoms with E-state index in [1.807, 2.05) is 0 Å². The van der Waals surface area contributed by atoms with E-state index >= 15 is 0 Å². The summed E-state index contributed by atoms with van der Waals surface area (Å²) in [6, 6.07) is 0. The fraction of sp³-hybridized carbons (Fsp3) is 0.885. The monoisotopic (exact) mass is 472 g/mol. The predicted molar refractivity (Wildman–Crippen MR) is 129 cm³/mol. The largest absolute Gasteiger partial charge is 0.481 e. The summed E-state index contributed by atoms with van der Waals surface area (Å²) in [5.41, 5.74) is -2.40. The molecule has 0 bridgehead atoms. The molecule has 7 nitrogen and oxygen atoms in total. The van der Waals surface area contributed by atoms with Crippen LogP contribution in [-0.4, -0.2) is 46.9 Å². The molecule has 0 spiro atoms. The summed E-state index contributed by atoms with van der Waals surface area (Å²) in [6.45, 7) is 4.66. The number of carbonyl (C=O) groups excluding carboxylic acids is 2. The molecule has 0 radical (unpaired) electrons. The van der Waals surface area contributed by atoms with Crippen LogP contribution in [0.25, 0.3) is 0 Å². The molecule has 33 heavy (non-hydrogen) atoms. The molecule has 0 amide bonds. The Kier molecular flexibility index (Phi) is 19.9. The molecule has 0 aromatic heterocycles. The molecule has 0 heterocycles. The van der Waals surface area contributed by atoms with E-state index in [-0.39, 0.29) is 13.2 Å². The zero-order valence-electron chi connectivity index (χ0n) is 21.1. The maximum atomic E-state index is 12.3. The van der Waals surface area contributed by atoms with Crippen molar-refractivity contribution < 1.29 is 34.1 Å². The minimum Gasteiger partial charge on any atom is -0.481 e. The number of carboxylic acids is 1. The second-order valence-corrected chi connectivity index (χ2v) is 9.09. The molecule has 0 saturated heterocycles. The number of unbranched alkanes of at least 4 members (excludes halogenated alkanes) is 14. The van der Waals surface area contributed by atoms with Gasteiger partial charge in [-0.25, -0.2) is 4.79 Å². The van der Waals surface area contributed by atoms with Gasteiger partial charge in [-0.05, 0) is 12.8 Å². The topological polar surface area (TPSA) is 110 Å². The molecule has 0 aliphatic carbocycles. The SMILES string of the molecule is CCCCCCCCCCOC(=O)CC(O)(CC(=O)O)C(=O)OCCCCCCCCCC. The molecule has 0 fully saturated rings. The van der Waals surface area contributed by atoms with Crippen molar-refractivity contribution in [3.8, 4) is 0 Å². The van der Waals surface area contributed by atoms with Gasteiger partial charge in [0.05, 0.1) is 26.1 Å². The molecule has 2 N–H and O–H groups in total. The maximum absolute atomic E-state index is 12.3. The fourth-order valence-corrected chi connectivity index (χ4v) is 3.70. The molecule has 7 heteroatoms. The van der Waals surface area contributed by atoms with Crippen LogP contribution in [-0.2, 0) is 23.9 Å². The molecule has 194 valence electrons. The zero-order valence-corrected chi connectivity index (χ0v) is 21.1. The van der Waals surface area contributed by atoms with Crippen molar-refractivity contribution in [2.75, 3.05) is 13.2 Å². The van der Waals surface area contributed by atoms with Crippen molar-refractivity contribution in [2.24, 2.45) is 0 Å². The van der Waals surface area contributed by atoms with Gasteiger partial charge in [0.1, 0.15) is 0 Å². The summed E-state index contributed by atoms with van der Waals surface area (Å²) in [4.78, 5) is 35.5. The van der Waals surface area contributed by atoms with E-state index in [0.29, 0.717) is 12.8 Å². The van der Waals surface area contributed by atoms with Crippen LogP contribution < -0.4 is 0 Å². The molecule has 0 aliphatic rings. The third kappa shape index (κ3) is 18.5. The summed E-state index contributed by atoms with van der Waals surface area (Å²) in [7, 11) is 0. The Bertz CT molecular complexity index is 521. The highest BCUT2D eigenvalue weighted by Gasteiger charge is 2.42. The molecule has 0 aromatic rings. The van der Waals surface area contributed by atoms with Crippen molar-refractivity contribution >= 4 is 17.9 Å². The highest BCUT2D eigenvalue weighted by molar-refractivity contribution is 5.89. The van der Waals surface area contributed by atoms with Crippen LogP contribution in [0.15, 0.2) is 0 Å². The molecular formula is C26H48O7. The number of hydrogen-bond donors (Lipinski definition) is 2. The van der Waals surface area contributed by atoms with Crippen LogP contribution in [0.5, 0.6) is 0 Å². The van der Waals surface area contributed by atoms with Crippen molar-refractivity contribution in [2.45, 2.75) is 135 Å². The van der Waals surface area contributed by atoms with Gasteiger partial charge in [0, 0.05) is 0 Å². The van der Waals surface area contributed by atoms with Gasteiger partial charge in [-0.15, -0.1) is 0 Å². The van der Waals surface area contributed by atoms with Gasteiger partial charge in [-0.1, -0.05) is 104 Å². The van der Waals surface area contributed by atoms with Crippen LogP contribution in [0.3, 0.4) is 0 Å². The lowest BCUT2D eigenvalue weighted by Crippen LogP contribution is -2.44. The highest BCUT2D eigenvalue weighted by Crippen LogP contribution is 2.20. The second kappa shape index (κ2) is 20.9. The molecular weight excluding hydrogens is 424 g/mol. The standard InChI is InChI=1S/C26H48O7/c1-3-5-7-9-11-13-15-17-19-32-24(29)22-26(31,21-23(27)28)25(30)33-20-18-16-14-12-10-8-6-4-2/h31H,3-22H2,1-2H3,(H,27,28). The summed E-state index contributed by atoms with van der Waals surface area (Å²) >= 11 is 0. The molecule has 1 unspecified atom stereocenters. The number of aliphatic carboxylic acids is 1. The Morgan fingerprint density at radius 3 is 1.42 bits per heavy atom. The van der Waals surface area contributed by atoms with E-state index in [1.165, 1.54) is 51.4 Å². The van der Waals surface area contributed by atoms with Crippen molar-refractivity contribution in [1.82, 2.24) is 0 Å². The third-order valence-electron chi connectivity index (χ3n) is 5.75. The van der Waals surface area contributed by atoms with Crippen molar-refractivity contribution in [3.63, 3.8) is 0 Å². The number of carboxylic acid groups (broad SMARTS) is 1. The highest BCUT2D eigenvalue weighted by atomic mass is 16.6. The van der Waals surface area contributed by atoms with E-state index in [2.05, 4.69) is 13.8 Å². The normalized spacial score (nSPS) is 12.8. The van der Waals surface area contributed by atoms with Crippen LogP contribution >= 0.6 is 0 Å². The minimum absolute atomic E-state index is 0.100. The Morgan fingerprint density at radius 1 is 0.606 bits per heavy atom. The number of carbonyl (C=O) groups is 3. The quantitative estimate of drug-likeness (QED) is 0.140. The maximum Gasteiger partial charge on any atom is 0.339 e. The first kappa shape index (κ1) is 31.4. The summed E-state index contributed by atoms with van der Waals surface area (Å²) in [5, 5.41) is 19.6. The summed E-state index contributed by atoms with van der Waals surface area (Å²) in [5.74, 6) is -3.24. The fourth-order valence-electron chi connectivity index (χ4n) is 3.70. The lowest BCUT2D eigenvalue weighted by molar-refractivity contribution is -0.176. The third-order valence-corrected chi connectivity index (χ3v) is 5.75. The van der Waals surface area contributed by atoms with E-state index < -0.39 is 36.4 Å². The van der Waals surface area contributed by atoms with Gasteiger partial charge in [0.2, 0.25) is 0 Å². The number of hydrogen-bond acceptors (Lipinski definition) is 6. The van der Waals surface area contributed by atoms with E-state index in [1.54, 1.807) is 0 Å². The van der Waals surface area contributed by atoms with Gasteiger partial charge in [-0.2, -0.15) is 0 Å². The van der Waals surface area contributed by atoms with Gasteiger partial charge < -0.3 is 19.7 Å². The van der Waals surface area contributed by atoms with Crippen LogP contribution in [0.1, 0.15) is 129 Å². The Hall–Kier alpha value is -1.63. The lowest BCUT2D eigenvalue weighted by Gasteiger charge is -2.23.